The Labute approximate surface area is 178 Å². The van der Waals surface area contributed by atoms with Gasteiger partial charge in [-0.05, 0) is 53.5 Å². The maximum Gasteiger partial charge on any atom is 0.270 e. The Morgan fingerprint density at radius 3 is 2.72 bits per heavy atom. The van der Waals surface area contributed by atoms with Crippen molar-refractivity contribution in [2.45, 2.75) is 31.8 Å². The summed E-state index contributed by atoms with van der Waals surface area (Å²) in [6.45, 7) is 4.99. The second-order valence-corrected chi connectivity index (χ2v) is 7.94. The third-order valence-corrected chi connectivity index (χ3v) is 5.94. The minimum Gasteiger partial charge on any atom is -0.323 e. The number of likely N-dealkylation sites (tertiary alicyclic amines) is 1. The maximum absolute atomic E-state index is 13.1. The van der Waals surface area contributed by atoms with Crippen LogP contribution in [-0.4, -0.2) is 41.4 Å². The van der Waals surface area contributed by atoms with Crippen molar-refractivity contribution in [2.75, 3.05) is 25.0 Å². The predicted molar refractivity (Wildman–Crippen MR) is 117 cm³/mol. The van der Waals surface area contributed by atoms with Crippen LogP contribution in [0.2, 0.25) is 0 Å². The van der Waals surface area contributed by atoms with Crippen LogP contribution in [0.5, 0.6) is 0 Å². The van der Waals surface area contributed by atoms with Crippen molar-refractivity contribution in [3.05, 3.63) is 68.7 Å². The molecule has 8 heteroatoms. The minimum atomic E-state index is -0.516. The van der Waals surface area contributed by atoms with E-state index in [1.54, 1.807) is 0 Å². The first kappa shape index (κ1) is 21.4. The van der Waals surface area contributed by atoms with Crippen molar-refractivity contribution in [3.63, 3.8) is 0 Å². The fraction of sp³-hybridized carbons (Fsp3) is 0.381. The average Bonchev–Trinajstić information content (AvgIpc) is 3.18. The molecule has 7 nitrogen and oxygen atoms in total. The summed E-state index contributed by atoms with van der Waals surface area (Å²) in [5.74, 6) is -0.202. The lowest BCUT2D eigenvalue weighted by Gasteiger charge is -2.26. The molecule has 0 aromatic heterocycles. The maximum atomic E-state index is 13.1. The predicted octanol–water partition coefficient (Wildman–Crippen LogP) is 4.11. The van der Waals surface area contributed by atoms with E-state index in [9.17, 15) is 14.9 Å². The molecule has 1 amide bonds. The van der Waals surface area contributed by atoms with Crippen molar-refractivity contribution >= 4 is 33.2 Å². The fourth-order valence-corrected chi connectivity index (χ4v) is 4.19. The van der Waals surface area contributed by atoms with Crippen LogP contribution in [0.25, 0.3) is 0 Å². The molecule has 0 unspecified atom stereocenters. The molecule has 2 aromatic rings. The first-order chi connectivity index (χ1) is 14.0. The van der Waals surface area contributed by atoms with E-state index >= 15 is 0 Å². The van der Waals surface area contributed by atoms with Gasteiger partial charge in [-0.3, -0.25) is 19.8 Å². The van der Waals surface area contributed by atoms with Crippen LogP contribution < -0.4 is 10.6 Å². The highest BCUT2D eigenvalue weighted by Crippen LogP contribution is 2.28. The Bertz CT molecular complexity index is 862. The normalized spacial score (nSPS) is 17.8. The van der Waals surface area contributed by atoms with Gasteiger partial charge in [-0.1, -0.05) is 37.3 Å². The molecule has 0 radical (unpaired) electrons. The third kappa shape index (κ3) is 5.41. The molecule has 0 bridgehead atoms. The monoisotopic (exact) mass is 460 g/mol. The molecule has 2 aromatic carbocycles. The SMILES string of the molecule is CCN1CCC[C@@H]1CN[C@@H](C(=O)Nc1ccc([N+](=O)[O-])cc1Br)c1ccccc1. The molecule has 1 fully saturated rings. The zero-order valence-corrected chi connectivity index (χ0v) is 17.9. The number of nitrogens with one attached hydrogen (secondary N) is 2. The average molecular weight is 461 g/mol. The lowest BCUT2D eigenvalue weighted by atomic mass is 10.1. The largest absolute Gasteiger partial charge is 0.323 e. The van der Waals surface area contributed by atoms with Crippen LogP contribution in [0, 0.1) is 10.1 Å². The van der Waals surface area contributed by atoms with Crippen molar-refractivity contribution in [1.29, 1.82) is 0 Å². The molecule has 1 saturated heterocycles. The van der Waals surface area contributed by atoms with Gasteiger partial charge >= 0.3 is 0 Å². The van der Waals surface area contributed by atoms with Gasteiger partial charge in [0.2, 0.25) is 5.91 Å². The van der Waals surface area contributed by atoms with Gasteiger partial charge in [-0.2, -0.15) is 0 Å². The third-order valence-electron chi connectivity index (χ3n) is 5.28. The summed E-state index contributed by atoms with van der Waals surface area (Å²) in [5.41, 5.74) is 1.34. The molecule has 154 valence electrons. The Hall–Kier alpha value is -2.29. The molecule has 0 aliphatic carbocycles. The summed E-state index contributed by atoms with van der Waals surface area (Å²) in [7, 11) is 0. The number of amides is 1. The highest BCUT2D eigenvalue weighted by molar-refractivity contribution is 9.10. The van der Waals surface area contributed by atoms with Gasteiger partial charge in [0.25, 0.3) is 5.69 Å². The second kappa shape index (κ2) is 9.96. The molecule has 0 saturated carbocycles. The summed E-state index contributed by atoms with van der Waals surface area (Å²) in [4.78, 5) is 26.0. The molecular formula is C21H25BrN4O3. The zero-order valence-electron chi connectivity index (χ0n) is 16.3. The zero-order chi connectivity index (χ0) is 20.8. The molecule has 1 aliphatic rings. The summed E-state index contributed by atoms with van der Waals surface area (Å²) in [5, 5.41) is 17.3. The van der Waals surface area contributed by atoms with Crippen molar-refractivity contribution < 1.29 is 9.72 Å². The van der Waals surface area contributed by atoms with E-state index in [0.29, 0.717) is 16.2 Å². The lowest BCUT2D eigenvalue weighted by Crippen LogP contribution is -2.42. The van der Waals surface area contributed by atoms with Crippen LogP contribution in [0.1, 0.15) is 31.4 Å². The number of hydrogen-bond acceptors (Lipinski definition) is 5. The van der Waals surface area contributed by atoms with Crippen molar-refractivity contribution in [3.8, 4) is 0 Å². The number of rotatable bonds is 8. The number of carbonyl (C=O) groups is 1. The number of carbonyl (C=O) groups excluding carboxylic acids is 1. The van der Waals surface area contributed by atoms with Crippen LogP contribution >= 0.6 is 15.9 Å². The van der Waals surface area contributed by atoms with Gasteiger partial charge in [0.1, 0.15) is 6.04 Å². The number of halogens is 1. The summed E-state index contributed by atoms with van der Waals surface area (Å²) in [6, 6.07) is 13.8. The summed E-state index contributed by atoms with van der Waals surface area (Å²) in [6.07, 6.45) is 2.30. The fourth-order valence-electron chi connectivity index (χ4n) is 3.73. The highest BCUT2D eigenvalue weighted by Gasteiger charge is 2.27. The van der Waals surface area contributed by atoms with Crippen LogP contribution in [0.15, 0.2) is 53.0 Å². The minimum absolute atomic E-state index is 0.0338. The molecular weight excluding hydrogens is 436 g/mol. The molecule has 29 heavy (non-hydrogen) atoms. The Morgan fingerprint density at radius 2 is 2.07 bits per heavy atom. The number of nitro groups is 1. The number of likely N-dealkylation sites (N-methyl/N-ethyl adjacent to an activating group) is 1. The Balaban J connectivity index is 1.75. The van der Waals surface area contributed by atoms with E-state index in [1.165, 1.54) is 24.6 Å². The number of benzene rings is 2. The van der Waals surface area contributed by atoms with E-state index in [2.05, 4.69) is 38.4 Å². The van der Waals surface area contributed by atoms with Gasteiger partial charge < -0.3 is 10.6 Å². The van der Waals surface area contributed by atoms with Crippen LogP contribution in [0.4, 0.5) is 11.4 Å². The number of non-ortho nitro benzene ring substituents is 1. The highest BCUT2D eigenvalue weighted by atomic mass is 79.9. The number of nitrogens with zero attached hydrogens (tertiary/aromatic N) is 2. The van der Waals surface area contributed by atoms with Gasteiger partial charge in [-0.25, -0.2) is 0 Å². The van der Waals surface area contributed by atoms with Crippen LogP contribution in [0.3, 0.4) is 0 Å². The summed E-state index contributed by atoms with van der Waals surface area (Å²) < 4.78 is 0.472. The van der Waals surface area contributed by atoms with Gasteiger partial charge in [0.05, 0.1) is 10.6 Å². The van der Waals surface area contributed by atoms with Crippen molar-refractivity contribution in [1.82, 2.24) is 10.2 Å². The molecule has 0 spiro atoms. The smallest absolute Gasteiger partial charge is 0.270 e. The molecule has 1 aliphatic heterocycles. The molecule has 1 heterocycles. The van der Waals surface area contributed by atoms with E-state index in [1.807, 2.05) is 30.3 Å². The molecule has 2 atom stereocenters. The van der Waals surface area contributed by atoms with Gasteiger partial charge in [-0.15, -0.1) is 0 Å². The first-order valence-electron chi connectivity index (χ1n) is 9.76. The van der Waals surface area contributed by atoms with Crippen LogP contribution in [-0.2, 0) is 4.79 Å². The topological polar surface area (TPSA) is 87.5 Å². The molecule has 3 rings (SSSR count). The van der Waals surface area contributed by atoms with Gasteiger partial charge in [0.15, 0.2) is 0 Å². The quantitative estimate of drug-likeness (QED) is 0.457. The van der Waals surface area contributed by atoms with E-state index in [0.717, 1.165) is 31.6 Å². The van der Waals surface area contributed by atoms with E-state index in [-0.39, 0.29) is 11.6 Å². The van der Waals surface area contributed by atoms with Crippen molar-refractivity contribution in [2.24, 2.45) is 0 Å². The van der Waals surface area contributed by atoms with E-state index in [4.69, 9.17) is 0 Å². The Kier molecular flexibility index (Phi) is 7.35. The Morgan fingerprint density at radius 1 is 1.31 bits per heavy atom. The number of hydrogen-bond donors (Lipinski definition) is 2. The standard InChI is InChI=1S/C21H25BrN4O3/c1-2-25-12-6-9-17(25)14-23-20(15-7-4-3-5-8-15)21(27)24-19-11-10-16(26(28)29)13-18(19)22/h3-5,7-8,10-11,13,17,20,23H,2,6,9,12,14H2,1H3,(H,24,27)/t17-,20-/m1/s1. The molecule has 2 N–H and O–H groups in total. The first-order valence-corrected chi connectivity index (χ1v) is 10.6. The summed E-state index contributed by atoms with van der Waals surface area (Å²) >= 11 is 3.31. The number of nitro benzene ring substituents is 1. The number of anilines is 1. The van der Waals surface area contributed by atoms with Gasteiger partial charge in [0, 0.05) is 29.2 Å². The lowest BCUT2D eigenvalue weighted by molar-refractivity contribution is -0.384. The second-order valence-electron chi connectivity index (χ2n) is 7.09. The van der Waals surface area contributed by atoms with E-state index < -0.39 is 11.0 Å².